The molecule has 0 atom stereocenters. The maximum absolute atomic E-state index is 5.90. The molecule has 0 aliphatic rings. The maximum atomic E-state index is 5.90. The standard InChI is InChI=1S/C10H13BrClN/c1-10(2,6-13)7-3-4-9(12)8(11)5-7/h3-5H,6,13H2,1-2H3. The Morgan fingerprint density at radius 2 is 2.08 bits per heavy atom. The molecule has 0 saturated heterocycles. The summed E-state index contributed by atoms with van der Waals surface area (Å²) in [5.74, 6) is 0. The van der Waals surface area contributed by atoms with Crippen LogP contribution in [0.3, 0.4) is 0 Å². The minimum Gasteiger partial charge on any atom is -0.330 e. The monoisotopic (exact) mass is 261 g/mol. The van der Waals surface area contributed by atoms with Crippen LogP contribution in [0.1, 0.15) is 19.4 Å². The Morgan fingerprint density at radius 1 is 1.46 bits per heavy atom. The van der Waals surface area contributed by atoms with E-state index in [2.05, 4.69) is 29.8 Å². The number of hydrogen-bond donors (Lipinski definition) is 1. The highest BCUT2D eigenvalue weighted by molar-refractivity contribution is 9.10. The smallest absolute Gasteiger partial charge is 0.0548 e. The van der Waals surface area contributed by atoms with Crippen molar-refractivity contribution in [3.8, 4) is 0 Å². The maximum Gasteiger partial charge on any atom is 0.0548 e. The van der Waals surface area contributed by atoms with Crippen LogP contribution < -0.4 is 5.73 Å². The second-order valence-corrected chi connectivity index (χ2v) is 4.98. The summed E-state index contributed by atoms with van der Waals surface area (Å²) in [5.41, 5.74) is 6.89. The Balaban J connectivity index is 3.10. The predicted octanol–water partition coefficient (Wildman–Crippen LogP) is 3.34. The van der Waals surface area contributed by atoms with Gasteiger partial charge in [0, 0.05) is 16.4 Å². The van der Waals surface area contributed by atoms with E-state index in [0.29, 0.717) is 6.54 Å². The highest BCUT2D eigenvalue weighted by atomic mass is 79.9. The summed E-state index contributed by atoms with van der Waals surface area (Å²) >= 11 is 9.29. The zero-order valence-electron chi connectivity index (χ0n) is 7.77. The zero-order chi connectivity index (χ0) is 10.1. The predicted molar refractivity (Wildman–Crippen MR) is 61.2 cm³/mol. The quantitative estimate of drug-likeness (QED) is 0.869. The van der Waals surface area contributed by atoms with Gasteiger partial charge in [0.15, 0.2) is 0 Å². The first-order valence-corrected chi connectivity index (χ1v) is 5.30. The summed E-state index contributed by atoms with van der Waals surface area (Å²) in [5, 5.41) is 0.733. The van der Waals surface area contributed by atoms with Crippen LogP contribution in [0.5, 0.6) is 0 Å². The number of benzene rings is 1. The molecular formula is C10H13BrClN. The molecule has 13 heavy (non-hydrogen) atoms. The van der Waals surface area contributed by atoms with Gasteiger partial charge in [-0.2, -0.15) is 0 Å². The van der Waals surface area contributed by atoms with Crippen molar-refractivity contribution in [2.24, 2.45) is 5.73 Å². The normalized spacial score (nSPS) is 11.8. The Hall–Kier alpha value is -0.0500. The van der Waals surface area contributed by atoms with Gasteiger partial charge in [0.25, 0.3) is 0 Å². The summed E-state index contributed by atoms with van der Waals surface area (Å²) in [7, 11) is 0. The van der Waals surface area contributed by atoms with Crippen LogP contribution in [-0.4, -0.2) is 6.54 Å². The van der Waals surface area contributed by atoms with E-state index in [1.807, 2.05) is 18.2 Å². The summed E-state index contributed by atoms with van der Waals surface area (Å²) in [6.45, 7) is 4.85. The van der Waals surface area contributed by atoms with Crippen molar-refractivity contribution >= 4 is 27.5 Å². The lowest BCUT2D eigenvalue weighted by Crippen LogP contribution is -2.27. The summed E-state index contributed by atoms with van der Waals surface area (Å²) in [6, 6.07) is 5.92. The molecule has 0 aliphatic carbocycles. The van der Waals surface area contributed by atoms with Gasteiger partial charge < -0.3 is 5.73 Å². The first-order valence-electron chi connectivity index (χ1n) is 4.13. The van der Waals surface area contributed by atoms with E-state index in [0.717, 1.165) is 9.50 Å². The third-order valence-electron chi connectivity index (χ3n) is 2.21. The second kappa shape index (κ2) is 3.99. The highest BCUT2D eigenvalue weighted by Crippen LogP contribution is 2.29. The van der Waals surface area contributed by atoms with Crippen LogP contribution in [0, 0.1) is 0 Å². The van der Waals surface area contributed by atoms with Crippen LogP contribution in [0.25, 0.3) is 0 Å². The van der Waals surface area contributed by atoms with Crippen molar-refractivity contribution in [3.05, 3.63) is 33.3 Å². The van der Waals surface area contributed by atoms with Crippen molar-refractivity contribution in [1.82, 2.24) is 0 Å². The van der Waals surface area contributed by atoms with Crippen molar-refractivity contribution in [2.45, 2.75) is 19.3 Å². The SMILES string of the molecule is CC(C)(CN)c1ccc(Cl)c(Br)c1. The Labute approximate surface area is 92.4 Å². The molecule has 3 heteroatoms. The molecule has 0 spiro atoms. The molecule has 1 rings (SSSR count). The van der Waals surface area contributed by atoms with Crippen molar-refractivity contribution in [2.75, 3.05) is 6.54 Å². The van der Waals surface area contributed by atoms with Crippen LogP contribution in [0.2, 0.25) is 5.02 Å². The summed E-state index contributed by atoms with van der Waals surface area (Å²) in [4.78, 5) is 0. The fraction of sp³-hybridized carbons (Fsp3) is 0.400. The van der Waals surface area contributed by atoms with Gasteiger partial charge in [0.1, 0.15) is 0 Å². The van der Waals surface area contributed by atoms with E-state index >= 15 is 0 Å². The topological polar surface area (TPSA) is 26.0 Å². The number of hydrogen-bond acceptors (Lipinski definition) is 1. The number of halogens is 2. The Bertz CT molecular complexity index is 310. The van der Waals surface area contributed by atoms with Crippen LogP contribution in [0.4, 0.5) is 0 Å². The average molecular weight is 263 g/mol. The van der Waals surface area contributed by atoms with Crippen molar-refractivity contribution < 1.29 is 0 Å². The third-order valence-corrected chi connectivity index (χ3v) is 3.43. The molecule has 1 aromatic carbocycles. The Morgan fingerprint density at radius 3 is 2.54 bits per heavy atom. The van der Waals surface area contributed by atoms with E-state index in [-0.39, 0.29) is 5.41 Å². The van der Waals surface area contributed by atoms with Gasteiger partial charge in [0.05, 0.1) is 5.02 Å². The molecular weight excluding hydrogens is 249 g/mol. The molecule has 0 bridgehead atoms. The van der Waals surface area contributed by atoms with Crippen LogP contribution in [-0.2, 0) is 5.41 Å². The molecule has 0 radical (unpaired) electrons. The first-order chi connectivity index (χ1) is 5.97. The van der Waals surface area contributed by atoms with Gasteiger partial charge in [-0.3, -0.25) is 0 Å². The van der Waals surface area contributed by atoms with Crippen LogP contribution in [0.15, 0.2) is 22.7 Å². The summed E-state index contributed by atoms with van der Waals surface area (Å²) in [6.07, 6.45) is 0. The molecule has 0 aliphatic heterocycles. The fourth-order valence-corrected chi connectivity index (χ4v) is 1.53. The van der Waals surface area contributed by atoms with E-state index in [4.69, 9.17) is 17.3 Å². The molecule has 0 fully saturated rings. The van der Waals surface area contributed by atoms with E-state index in [9.17, 15) is 0 Å². The lowest BCUT2D eigenvalue weighted by Gasteiger charge is -2.23. The third kappa shape index (κ3) is 2.46. The van der Waals surface area contributed by atoms with Crippen molar-refractivity contribution in [1.29, 1.82) is 0 Å². The van der Waals surface area contributed by atoms with E-state index in [1.165, 1.54) is 5.56 Å². The van der Waals surface area contributed by atoms with Gasteiger partial charge in [-0.15, -0.1) is 0 Å². The van der Waals surface area contributed by atoms with Crippen molar-refractivity contribution in [3.63, 3.8) is 0 Å². The molecule has 1 aromatic rings. The molecule has 0 heterocycles. The molecule has 1 nitrogen and oxygen atoms in total. The minimum atomic E-state index is 0.00705. The number of rotatable bonds is 2. The molecule has 72 valence electrons. The lowest BCUT2D eigenvalue weighted by molar-refractivity contribution is 0.539. The van der Waals surface area contributed by atoms with Gasteiger partial charge in [-0.25, -0.2) is 0 Å². The van der Waals surface area contributed by atoms with Gasteiger partial charge in [-0.05, 0) is 33.6 Å². The minimum absolute atomic E-state index is 0.00705. The molecule has 0 aromatic heterocycles. The highest BCUT2D eigenvalue weighted by Gasteiger charge is 2.18. The zero-order valence-corrected chi connectivity index (χ0v) is 10.1. The molecule has 0 unspecified atom stereocenters. The Kier molecular flexibility index (Phi) is 3.38. The molecule has 2 N–H and O–H groups in total. The van der Waals surface area contributed by atoms with Gasteiger partial charge in [0.2, 0.25) is 0 Å². The fourth-order valence-electron chi connectivity index (χ4n) is 1.03. The molecule has 0 saturated carbocycles. The van der Waals surface area contributed by atoms with E-state index < -0.39 is 0 Å². The molecule has 0 amide bonds. The largest absolute Gasteiger partial charge is 0.330 e. The summed E-state index contributed by atoms with van der Waals surface area (Å²) < 4.78 is 0.924. The second-order valence-electron chi connectivity index (χ2n) is 3.72. The van der Waals surface area contributed by atoms with Gasteiger partial charge in [-0.1, -0.05) is 31.5 Å². The number of nitrogens with two attached hydrogens (primary N) is 1. The van der Waals surface area contributed by atoms with E-state index in [1.54, 1.807) is 0 Å². The van der Waals surface area contributed by atoms with Crippen LogP contribution >= 0.6 is 27.5 Å². The first kappa shape index (κ1) is 11.0. The average Bonchev–Trinajstić information content (AvgIpc) is 2.09. The van der Waals surface area contributed by atoms with Gasteiger partial charge >= 0.3 is 0 Å². The lowest BCUT2D eigenvalue weighted by atomic mass is 9.85.